The van der Waals surface area contributed by atoms with Gasteiger partial charge in [0, 0.05) is 11.3 Å². The van der Waals surface area contributed by atoms with Crippen molar-refractivity contribution < 1.29 is 13.2 Å². The summed E-state index contributed by atoms with van der Waals surface area (Å²) in [7, 11) is -3.79. The first-order valence-electron chi connectivity index (χ1n) is 8.15. The first-order chi connectivity index (χ1) is 12.9. The van der Waals surface area contributed by atoms with Gasteiger partial charge in [0.2, 0.25) is 0 Å². The van der Waals surface area contributed by atoms with Gasteiger partial charge in [-0.3, -0.25) is 9.52 Å². The molecule has 0 aliphatic heterocycles. The molecule has 0 saturated heterocycles. The normalized spacial score (nSPS) is 11.4. The number of carbonyl (C=O) groups excluding carboxylic acids is 1. The first kappa shape index (κ1) is 18.5. The predicted octanol–water partition coefficient (Wildman–Crippen LogP) is 5.11. The largest absolute Gasteiger partial charge is 0.295 e. The maximum Gasteiger partial charge on any atom is 0.261 e. The highest BCUT2D eigenvalue weighted by molar-refractivity contribution is 7.92. The van der Waals surface area contributed by atoms with Crippen molar-refractivity contribution in [2.75, 3.05) is 4.72 Å². The SMILES string of the molecule is CC(=O)c1cccc(S(=O)(=O)Nc2ccc(N=Nc3ccccc3)cc2)c1. The maximum atomic E-state index is 12.5. The fourth-order valence-corrected chi connectivity index (χ4v) is 3.41. The van der Waals surface area contributed by atoms with Gasteiger partial charge in [-0.25, -0.2) is 8.42 Å². The molecule has 0 amide bonds. The molecule has 0 unspecified atom stereocenters. The quantitative estimate of drug-likeness (QED) is 0.477. The van der Waals surface area contributed by atoms with Crippen molar-refractivity contribution in [3.63, 3.8) is 0 Å². The average Bonchev–Trinajstić information content (AvgIpc) is 2.68. The van der Waals surface area contributed by atoms with Crippen LogP contribution in [0.4, 0.5) is 17.1 Å². The zero-order valence-electron chi connectivity index (χ0n) is 14.5. The summed E-state index contributed by atoms with van der Waals surface area (Å²) in [5.41, 5.74) is 2.06. The lowest BCUT2D eigenvalue weighted by Crippen LogP contribution is -2.13. The molecular weight excluding hydrogens is 362 g/mol. The fraction of sp³-hybridized carbons (Fsp3) is 0.0500. The van der Waals surface area contributed by atoms with Crippen LogP contribution in [-0.2, 0) is 10.0 Å². The molecule has 0 aliphatic rings. The Morgan fingerprint density at radius 1 is 0.815 bits per heavy atom. The van der Waals surface area contributed by atoms with Crippen LogP contribution in [0, 0.1) is 0 Å². The van der Waals surface area contributed by atoms with E-state index in [1.54, 1.807) is 36.4 Å². The maximum absolute atomic E-state index is 12.5. The van der Waals surface area contributed by atoms with E-state index in [1.807, 2.05) is 30.3 Å². The minimum Gasteiger partial charge on any atom is -0.295 e. The lowest BCUT2D eigenvalue weighted by atomic mass is 10.2. The number of hydrogen-bond donors (Lipinski definition) is 1. The summed E-state index contributed by atoms with van der Waals surface area (Å²) < 4.78 is 27.5. The number of ketones is 1. The van der Waals surface area contributed by atoms with Gasteiger partial charge in [0.05, 0.1) is 16.3 Å². The van der Waals surface area contributed by atoms with Gasteiger partial charge in [-0.2, -0.15) is 10.2 Å². The van der Waals surface area contributed by atoms with Crippen LogP contribution in [0.1, 0.15) is 17.3 Å². The molecule has 0 atom stereocenters. The first-order valence-corrected chi connectivity index (χ1v) is 9.63. The minimum absolute atomic E-state index is 0.0306. The van der Waals surface area contributed by atoms with E-state index in [2.05, 4.69) is 15.0 Å². The third-order valence-electron chi connectivity index (χ3n) is 3.71. The van der Waals surface area contributed by atoms with Gasteiger partial charge >= 0.3 is 0 Å². The number of benzene rings is 3. The molecule has 0 radical (unpaired) electrons. The van der Waals surface area contributed by atoms with Crippen molar-refractivity contribution in [3.05, 3.63) is 84.4 Å². The number of anilines is 1. The summed E-state index contributed by atoms with van der Waals surface area (Å²) >= 11 is 0. The van der Waals surface area contributed by atoms with Crippen LogP contribution in [0.25, 0.3) is 0 Å². The lowest BCUT2D eigenvalue weighted by Gasteiger charge is -2.09. The van der Waals surface area contributed by atoms with E-state index in [1.165, 1.54) is 19.1 Å². The van der Waals surface area contributed by atoms with Crippen LogP contribution in [0.15, 0.2) is 94.0 Å². The summed E-state index contributed by atoms with van der Waals surface area (Å²) in [6.07, 6.45) is 0. The van der Waals surface area contributed by atoms with Crippen molar-refractivity contribution in [1.82, 2.24) is 0 Å². The fourth-order valence-electron chi connectivity index (χ4n) is 2.30. The molecule has 0 fully saturated rings. The summed E-state index contributed by atoms with van der Waals surface area (Å²) in [4.78, 5) is 11.5. The van der Waals surface area contributed by atoms with Crippen LogP contribution in [0.3, 0.4) is 0 Å². The van der Waals surface area contributed by atoms with Crippen molar-refractivity contribution >= 4 is 32.9 Å². The van der Waals surface area contributed by atoms with Crippen LogP contribution >= 0.6 is 0 Å². The van der Waals surface area contributed by atoms with E-state index in [4.69, 9.17) is 0 Å². The van der Waals surface area contributed by atoms with E-state index >= 15 is 0 Å². The number of hydrogen-bond acceptors (Lipinski definition) is 5. The molecule has 3 aromatic rings. The molecule has 6 nitrogen and oxygen atoms in total. The number of rotatable bonds is 6. The molecule has 0 saturated carbocycles. The van der Waals surface area contributed by atoms with Crippen LogP contribution < -0.4 is 4.72 Å². The molecule has 0 bridgehead atoms. The van der Waals surface area contributed by atoms with Gasteiger partial charge in [-0.15, -0.1) is 0 Å². The number of nitrogens with one attached hydrogen (secondary N) is 1. The second-order valence-electron chi connectivity index (χ2n) is 5.77. The number of Topliss-reactive ketones (excluding diaryl/α,β-unsaturated/α-hetero) is 1. The second kappa shape index (κ2) is 7.92. The van der Waals surface area contributed by atoms with Gasteiger partial charge in [-0.05, 0) is 55.5 Å². The van der Waals surface area contributed by atoms with Crippen molar-refractivity contribution in [3.8, 4) is 0 Å². The molecule has 0 aromatic heterocycles. The van der Waals surface area contributed by atoms with Crippen molar-refractivity contribution in [2.45, 2.75) is 11.8 Å². The summed E-state index contributed by atoms with van der Waals surface area (Å²) in [6.45, 7) is 1.39. The zero-order valence-corrected chi connectivity index (χ0v) is 15.3. The van der Waals surface area contributed by atoms with Gasteiger partial charge in [0.1, 0.15) is 0 Å². The standard InChI is InChI=1S/C20H17N3O3S/c1-15(24)16-6-5-9-20(14-16)27(25,26)23-19-12-10-18(11-13-19)22-21-17-7-3-2-4-8-17/h2-14,23H,1H3. The summed E-state index contributed by atoms with van der Waals surface area (Å²) in [5.74, 6) is -0.194. The molecule has 0 spiro atoms. The van der Waals surface area contributed by atoms with Gasteiger partial charge in [0.25, 0.3) is 10.0 Å². The Kier molecular flexibility index (Phi) is 5.42. The smallest absolute Gasteiger partial charge is 0.261 e. The highest BCUT2D eigenvalue weighted by Gasteiger charge is 2.15. The Bertz CT molecular complexity index is 1080. The Hall–Kier alpha value is -3.32. The molecule has 136 valence electrons. The average molecular weight is 379 g/mol. The Morgan fingerprint density at radius 2 is 1.44 bits per heavy atom. The zero-order chi connectivity index (χ0) is 19.3. The third kappa shape index (κ3) is 4.86. The minimum atomic E-state index is -3.79. The van der Waals surface area contributed by atoms with Crippen LogP contribution in [0.5, 0.6) is 0 Å². The number of sulfonamides is 1. The van der Waals surface area contributed by atoms with E-state index in [0.717, 1.165) is 5.69 Å². The van der Waals surface area contributed by atoms with Crippen LogP contribution in [0.2, 0.25) is 0 Å². The van der Waals surface area contributed by atoms with E-state index in [9.17, 15) is 13.2 Å². The number of nitrogens with zero attached hydrogens (tertiary/aromatic N) is 2. The molecular formula is C20H17N3O3S. The highest BCUT2D eigenvalue weighted by Crippen LogP contribution is 2.22. The van der Waals surface area contributed by atoms with E-state index in [0.29, 0.717) is 16.9 Å². The van der Waals surface area contributed by atoms with Gasteiger partial charge in [-0.1, -0.05) is 30.3 Å². The molecule has 27 heavy (non-hydrogen) atoms. The topological polar surface area (TPSA) is 88.0 Å². The van der Waals surface area contributed by atoms with E-state index in [-0.39, 0.29) is 10.7 Å². The summed E-state index contributed by atoms with van der Waals surface area (Å²) in [5, 5.41) is 8.22. The molecule has 1 N–H and O–H groups in total. The van der Waals surface area contributed by atoms with Gasteiger partial charge < -0.3 is 0 Å². The molecule has 0 heterocycles. The third-order valence-corrected chi connectivity index (χ3v) is 5.09. The molecule has 3 rings (SSSR count). The molecule has 0 aliphatic carbocycles. The predicted molar refractivity (Wildman–Crippen MR) is 104 cm³/mol. The molecule has 3 aromatic carbocycles. The monoisotopic (exact) mass is 379 g/mol. The van der Waals surface area contributed by atoms with Crippen molar-refractivity contribution in [1.29, 1.82) is 0 Å². The van der Waals surface area contributed by atoms with Gasteiger partial charge in [0.15, 0.2) is 5.78 Å². The summed E-state index contributed by atoms with van der Waals surface area (Å²) in [6, 6.07) is 21.7. The highest BCUT2D eigenvalue weighted by atomic mass is 32.2. The Morgan fingerprint density at radius 3 is 2.07 bits per heavy atom. The Labute approximate surface area is 157 Å². The molecule has 7 heteroatoms. The van der Waals surface area contributed by atoms with Crippen molar-refractivity contribution in [2.24, 2.45) is 10.2 Å². The number of carbonyl (C=O) groups is 1. The number of azo groups is 1. The Balaban J connectivity index is 1.75. The second-order valence-corrected chi connectivity index (χ2v) is 7.45. The van der Waals surface area contributed by atoms with Crippen LogP contribution in [-0.4, -0.2) is 14.2 Å². The van der Waals surface area contributed by atoms with E-state index < -0.39 is 10.0 Å². The lowest BCUT2D eigenvalue weighted by molar-refractivity contribution is 0.101.